The number of aliphatic hydroxyl groups excluding tert-OH is 2. The summed E-state index contributed by atoms with van der Waals surface area (Å²) in [6.07, 6.45) is 8.42. The molecule has 8 heteroatoms. The molecule has 0 aromatic carbocycles. The third kappa shape index (κ3) is 3.86. The predicted octanol–water partition coefficient (Wildman–Crippen LogP) is 1.72. The Hall–Kier alpha value is -2.06. The quantitative estimate of drug-likeness (QED) is 0.644. The van der Waals surface area contributed by atoms with Crippen LogP contribution < -0.4 is 11.5 Å². The zero-order chi connectivity index (χ0) is 18.8. The van der Waals surface area contributed by atoms with E-state index in [2.05, 4.69) is 10.2 Å². The predicted molar refractivity (Wildman–Crippen MR) is 101 cm³/mol. The Kier molecular flexibility index (Phi) is 5.52. The summed E-state index contributed by atoms with van der Waals surface area (Å²) in [6, 6.07) is 0.680. The minimum atomic E-state index is -0.158. The molecule has 2 heterocycles. The molecule has 4 rings (SSSR count). The second-order valence-electron chi connectivity index (χ2n) is 7.50. The Morgan fingerprint density at radius 2 is 1.19 bits per heavy atom. The van der Waals surface area contributed by atoms with Crippen molar-refractivity contribution in [2.24, 2.45) is 0 Å². The van der Waals surface area contributed by atoms with Crippen LogP contribution >= 0.6 is 0 Å². The summed E-state index contributed by atoms with van der Waals surface area (Å²) in [5, 5.41) is 27.2. The largest absolute Gasteiger partial charge is 0.396 e. The molecule has 2 aromatic rings. The van der Waals surface area contributed by atoms with Crippen molar-refractivity contribution < 1.29 is 10.2 Å². The van der Waals surface area contributed by atoms with Crippen LogP contribution in [0.4, 0.5) is 11.4 Å². The minimum absolute atomic E-state index is 0.158. The second-order valence-corrected chi connectivity index (χ2v) is 7.50. The van der Waals surface area contributed by atoms with E-state index in [1.165, 1.54) is 0 Å². The van der Waals surface area contributed by atoms with Gasteiger partial charge in [0.15, 0.2) is 0 Å². The SMILES string of the molecule is Cc1c(N)cnn1C1CCC(O)C1.Cc1c(N)cnn1C1CCC(O)C1. The fourth-order valence-corrected chi connectivity index (χ4v) is 3.92. The lowest BCUT2D eigenvalue weighted by molar-refractivity contribution is 0.176. The van der Waals surface area contributed by atoms with Gasteiger partial charge < -0.3 is 21.7 Å². The third-order valence-corrected chi connectivity index (χ3v) is 5.61. The van der Waals surface area contributed by atoms with Crippen molar-refractivity contribution in [1.29, 1.82) is 0 Å². The molecule has 4 atom stereocenters. The third-order valence-electron chi connectivity index (χ3n) is 5.61. The first-order valence-corrected chi connectivity index (χ1v) is 9.32. The number of aliphatic hydroxyl groups is 2. The first kappa shape index (κ1) is 18.7. The van der Waals surface area contributed by atoms with E-state index < -0.39 is 0 Å². The van der Waals surface area contributed by atoms with E-state index in [1.807, 2.05) is 23.2 Å². The fraction of sp³-hybridized carbons (Fsp3) is 0.667. The molecule has 0 saturated heterocycles. The average Bonchev–Trinajstić information content (AvgIpc) is 3.35. The van der Waals surface area contributed by atoms with Gasteiger partial charge >= 0.3 is 0 Å². The molecule has 0 amide bonds. The molecular formula is C18H30N6O2. The highest BCUT2D eigenvalue weighted by atomic mass is 16.3. The summed E-state index contributed by atoms with van der Waals surface area (Å²) in [6.45, 7) is 3.93. The Morgan fingerprint density at radius 1 is 0.808 bits per heavy atom. The number of nitrogen functional groups attached to an aromatic ring is 2. The van der Waals surface area contributed by atoms with E-state index in [4.69, 9.17) is 11.5 Å². The monoisotopic (exact) mass is 362 g/mol. The van der Waals surface area contributed by atoms with Crippen LogP contribution in [0.3, 0.4) is 0 Å². The Morgan fingerprint density at radius 3 is 1.42 bits per heavy atom. The van der Waals surface area contributed by atoms with E-state index in [1.54, 1.807) is 12.4 Å². The summed E-state index contributed by atoms with van der Waals surface area (Å²) in [5.74, 6) is 0. The van der Waals surface area contributed by atoms with E-state index >= 15 is 0 Å². The van der Waals surface area contributed by atoms with Crippen LogP contribution in [0.15, 0.2) is 12.4 Å². The van der Waals surface area contributed by atoms with E-state index in [-0.39, 0.29) is 12.2 Å². The molecule has 2 aromatic heterocycles. The van der Waals surface area contributed by atoms with E-state index in [9.17, 15) is 10.2 Å². The van der Waals surface area contributed by atoms with Crippen molar-refractivity contribution in [3.8, 4) is 0 Å². The van der Waals surface area contributed by atoms with Crippen LogP contribution in [0.25, 0.3) is 0 Å². The summed E-state index contributed by atoms with van der Waals surface area (Å²) < 4.78 is 3.87. The normalized spacial score (nSPS) is 28.2. The van der Waals surface area contributed by atoms with E-state index in [0.717, 1.165) is 61.3 Å². The van der Waals surface area contributed by atoms with Gasteiger partial charge in [0.2, 0.25) is 0 Å². The lowest BCUT2D eigenvalue weighted by atomic mass is 10.2. The molecule has 144 valence electrons. The number of nitrogens with zero attached hydrogens (tertiary/aromatic N) is 4. The van der Waals surface area contributed by atoms with Crippen LogP contribution in [0.1, 0.15) is 62.0 Å². The van der Waals surface area contributed by atoms with Crippen molar-refractivity contribution >= 4 is 11.4 Å². The van der Waals surface area contributed by atoms with Crippen molar-refractivity contribution in [3.05, 3.63) is 23.8 Å². The van der Waals surface area contributed by atoms with Gasteiger partial charge in [0.05, 0.1) is 59.4 Å². The van der Waals surface area contributed by atoms with Gasteiger partial charge in [-0.25, -0.2) is 0 Å². The summed E-state index contributed by atoms with van der Waals surface area (Å²) >= 11 is 0. The van der Waals surface area contributed by atoms with Gasteiger partial charge in [0, 0.05) is 0 Å². The lowest BCUT2D eigenvalue weighted by Gasteiger charge is -2.12. The van der Waals surface area contributed by atoms with Gasteiger partial charge in [0.1, 0.15) is 0 Å². The molecule has 0 aliphatic heterocycles. The molecule has 0 radical (unpaired) electrons. The summed E-state index contributed by atoms with van der Waals surface area (Å²) in [7, 11) is 0. The zero-order valence-corrected chi connectivity index (χ0v) is 15.5. The average molecular weight is 362 g/mol. The molecule has 2 aliphatic rings. The van der Waals surface area contributed by atoms with Crippen LogP contribution in [0.5, 0.6) is 0 Å². The van der Waals surface area contributed by atoms with E-state index in [0.29, 0.717) is 12.1 Å². The maximum absolute atomic E-state index is 9.39. The molecule has 6 N–H and O–H groups in total. The van der Waals surface area contributed by atoms with Gasteiger partial charge in [0.25, 0.3) is 0 Å². The highest BCUT2D eigenvalue weighted by molar-refractivity contribution is 5.40. The summed E-state index contributed by atoms with van der Waals surface area (Å²) in [5.41, 5.74) is 14.9. The van der Waals surface area contributed by atoms with Crippen LogP contribution in [0.2, 0.25) is 0 Å². The molecule has 8 nitrogen and oxygen atoms in total. The number of aromatic nitrogens is 4. The molecule has 2 fully saturated rings. The molecule has 2 aliphatic carbocycles. The van der Waals surface area contributed by atoms with Crippen LogP contribution in [0, 0.1) is 13.8 Å². The molecule has 2 saturated carbocycles. The molecule has 26 heavy (non-hydrogen) atoms. The standard InChI is InChI=1S/2C9H15N3O/c2*1-6-9(10)5-11-12(6)7-2-3-8(13)4-7/h2*5,7-8,13H,2-4,10H2,1H3. The first-order chi connectivity index (χ1) is 12.4. The number of nitrogens with two attached hydrogens (primary N) is 2. The second kappa shape index (κ2) is 7.67. The number of anilines is 2. The van der Waals surface area contributed by atoms with Gasteiger partial charge in [-0.05, 0) is 52.4 Å². The maximum Gasteiger partial charge on any atom is 0.0730 e. The first-order valence-electron chi connectivity index (χ1n) is 9.32. The lowest BCUT2D eigenvalue weighted by Crippen LogP contribution is -2.10. The topological polar surface area (TPSA) is 128 Å². The van der Waals surface area contributed by atoms with Gasteiger partial charge in [-0.15, -0.1) is 0 Å². The Labute approximate surface area is 153 Å². The minimum Gasteiger partial charge on any atom is -0.396 e. The molecule has 0 spiro atoms. The van der Waals surface area contributed by atoms with Crippen LogP contribution in [-0.2, 0) is 0 Å². The Balaban J connectivity index is 0.000000151. The summed E-state index contributed by atoms with van der Waals surface area (Å²) in [4.78, 5) is 0. The maximum atomic E-state index is 9.39. The number of rotatable bonds is 2. The van der Waals surface area contributed by atoms with Gasteiger partial charge in [-0.2, -0.15) is 10.2 Å². The van der Waals surface area contributed by atoms with Gasteiger partial charge in [-0.1, -0.05) is 0 Å². The van der Waals surface area contributed by atoms with Crippen LogP contribution in [-0.4, -0.2) is 42.0 Å². The molecular weight excluding hydrogens is 332 g/mol. The smallest absolute Gasteiger partial charge is 0.0730 e. The molecule has 4 unspecified atom stereocenters. The Bertz CT molecular complexity index is 678. The highest BCUT2D eigenvalue weighted by Crippen LogP contribution is 2.32. The fourth-order valence-electron chi connectivity index (χ4n) is 3.92. The number of hydrogen-bond acceptors (Lipinski definition) is 6. The van der Waals surface area contributed by atoms with Crippen molar-refractivity contribution in [3.63, 3.8) is 0 Å². The van der Waals surface area contributed by atoms with Crippen molar-refractivity contribution in [1.82, 2.24) is 19.6 Å². The van der Waals surface area contributed by atoms with Gasteiger partial charge in [-0.3, -0.25) is 9.36 Å². The van der Waals surface area contributed by atoms with Crippen molar-refractivity contribution in [2.45, 2.75) is 76.7 Å². The molecule has 0 bridgehead atoms. The highest BCUT2D eigenvalue weighted by Gasteiger charge is 2.26. The zero-order valence-electron chi connectivity index (χ0n) is 15.5. The van der Waals surface area contributed by atoms with Crippen molar-refractivity contribution in [2.75, 3.05) is 11.5 Å². The number of hydrogen-bond donors (Lipinski definition) is 4.